The van der Waals surface area contributed by atoms with Gasteiger partial charge in [-0.25, -0.2) is 4.39 Å². The molecule has 2 nitrogen and oxygen atoms in total. The molecule has 0 unspecified atom stereocenters. The molecule has 1 aromatic heterocycles. The molecular weight excluding hydrogens is 321 g/mol. The third kappa shape index (κ3) is 3.21. The number of halogens is 3. The van der Waals surface area contributed by atoms with Gasteiger partial charge in [-0.1, -0.05) is 12.1 Å². The fraction of sp³-hybridized carbons (Fsp3) is 0.154. The van der Waals surface area contributed by atoms with Crippen molar-refractivity contribution >= 4 is 27.5 Å². The van der Waals surface area contributed by atoms with Gasteiger partial charge in [0.2, 0.25) is 0 Å². The van der Waals surface area contributed by atoms with E-state index in [1.54, 1.807) is 6.20 Å². The second-order valence-corrected chi connectivity index (χ2v) is 4.78. The molecule has 2 rings (SSSR count). The van der Waals surface area contributed by atoms with E-state index in [4.69, 9.17) is 16.3 Å². The van der Waals surface area contributed by atoms with Crippen LogP contribution in [-0.4, -0.2) is 4.98 Å². The molecule has 0 fully saturated rings. The Hall–Kier alpha value is -1.13. The second-order valence-electron chi connectivity index (χ2n) is 3.66. The SMILES string of the molecule is Fc1cncc(COc2c(Br)cccc2CCl)c1. The van der Waals surface area contributed by atoms with E-state index < -0.39 is 0 Å². The lowest BCUT2D eigenvalue weighted by Crippen LogP contribution is -1.99. The van der Waals surface area contributed by atoms with Crippen LogP contribution in [0, 0.1) is 5.82 Å². The molecule has 0 amide bonds. The summed E-state index contributed by atoms with van der Waals surface area (Å²) in [7, 11) is 0. The standard InChI is InChI=1S/C13H10BrClFNO/c14-12-3-1-2-10(5-15)13(12)18-8-9-4-11(16)7-17-6-9/h1-4,6-7H,5,8H2. The average molecular weight is 331 g/mol. The van der Waals surface area contributed by atoms with Gasteiger partial charge in [0.15, 0.2) is 0 Å². The highest BCUT2D eigenvalue weighted by Gasteiger charge is 2.07. The number of ether oxygens (including phenoxy) is 1. The van der Waals surface area contributed by atoms with E-state index in [0.29, 0.717) is 17.2 Å². The molecule has 0 aliphatic rings. The molecule has 0 bridgehead atoms. The summed E-state index contributed by atoms with van der Waals surface area (Å²) in [5, 5.41) is 0. The van der Waals surface area contributed by atoms with Gasteiger partial charge >= 0.3 is 0 Å². The summed E-state index contributed by atoms with van der Waals surface area (Å²) in [6.07, 6.45) is 2.73. The maximum Gasteiger partial charge on any atom is 0.141 e. The summed E-state index contributed by atoms with van der Waals surface area (Å²) < 4.78 is 19.5. The van der Waals surface area contributed by atoms with Crippen LogP contribution in [0.25, 0.3) is 0 Å². The van der Waals surface area contributed by atoms with E-state index >= 15 is 0 Å². The van der Waals surface area contributed by atoms with Crippen molar-refractivity contribution in [3.8, 4) is 5.75 Å². The van der Waals surface area contributed by atoms with Crippen LogP contribution in [0.15, 0.2) is 41.1 Å². The number of hydrogen-bond acceptors (Lipinski definition) is 2. The minimum Gasteiger partial charge on any atom is -0.487 e. The van der Waals surface area contributed by atoms with E-state index in [1.165, 1.54) is 6.07 Å². The summed E-state index contributed by atoms with van der Waals surface area (Å²) in [5.41, 5.74) is 1.56. The van der Waals surface area contributed by atoms with E-state index in [2.05, 4.69) is 20.9 Å². The van der Waals surface area contributed by atoms with Crippen LogP contribution in [0.2, 0.25) is 0 Å². The van der Waals surface area contributed by atoms with Gasteiger partial charge in [0.1, 0.15) is 18.2 Å². The molecule has 0 aliphatic carbocycles. The first-order chi connectivity index (χ1) is 8.70. The summed E-state index contributed by atoms with van der Waals surface area (Å²) >= 11 is 9.24. The van der Waals surface area contributed by atoms with Crippen LogP contribution in [-0.2, 0) is 12.5 Å². The molecule has 0 saturated carbocycles. The Bertz CT molecular complexity index is 550. The summed E-state index contributed by atoms with van der Waals surface area (Å²) in [5.74, 6) is 0.661. The number of nitrogens with zero attached hydrogens (tertiary/aromatic N) is 1. The Morgan fingerprint density at radius 1 is 1.33 bits per heavy atom. The van der Waals surface area contributed by atoms with Crippen molar-refractivity contribution in [1.82, 2.24) is 4.98 Å². The highest BCUT2D eigenvalue weighted by Crippen LogP contribution is 2.30. The zero-order valence-electron chi connectivity index (χ0n) is 9.37. The zero-order chi connectivity index (χ0) is 13.0. The summed E-state index contributed by atoms with van der Waals surface area (Å²) in [6, 6.07) is 7.04. The quantitative estimate of drug-likeness (QED) is 0.780. The molecule has 0 saturated heterocycles. The number of para-hydroxylation sites is 1. The van der Waals surface area contributed by atoms with Crippen molar-refractivity contribution in [2.24, 2.45) is 0 Å². The molecule has 94 valence electrons. The predicted octanol–water partition coefficient (Wildman–Crippen LogP) is 4.30. The van der Waals surface area contributed by atoms with Crippen LogP contribution in [0.1, 0.15) is 11.1 Å². The predicted molar refractivity (Wildman–Crippen MR) is 72.2 cm³/mol. The molecular formula is C13H10BrClFNO. The highest BCUT2D eigenvalue weighted by molar-refractivity contribution is 9.10. The van der Waals surface area contributed by atoms with Gasteiger partial charge in [0.05, 0.1) is 16.5 Å². The first kappa shape index (κ1) is 13.3. The monoisotopic (exact) mass is 329 g/mol. The van der Waals surface area contributed by atoms with Crippen LogP contribution in [0.3, 0.4) is 0 Å². The van der Waals surface area contributed by atoms with Gasteiger partial charge in [-0.3, -0.25) is 4.98 Å². The topological polar surface area (TPSA) is 22.1 Å². The summed E-state index contributed by atoms with van der Waals surface area (Å²) in [4.78, 5) is 3.77. The second kappa shape index (κ2) is 6.16. The van der Waals surface area contributed by atoms with Crippen molar-refractivity contribution < 1.29 is 9.13 Å². The highest BCUT2D eigenvalue weighted by atomic mass is 79.9. The molecule has 1 heterocycles. The maximum atomic E-state index is 13.0. The van der Waals surface area contributed by atoms with E-state index in [1.807, 2.05) is 18.2 Å². The fourth-order valence-electron chi connectivity index (χ4n) is 1.51. The zero-order valence-corrected chi connectivity index (χ0v) is 11.7. The Morgan fingerprint density at radius 2 is 2.17 bits per heavy atom. The third-order valence-corrected chi connectivity index (χ3v) is 3.25. The summed E-state index contributed by atoms with van der Waals surface area (Å²) in [6.45, 7) is 0.247. The van der Waals surface area contributed by atoms with Crippen LogP contribution < -0.4 is 4.74 Å². The van der Waals surface area contributed by atoms with Crippen molar-refractivity contribution in [2.45, 2.75) is 12.5 Å². The lowest BCUT2D eigenvalue weighted by atomic mass is 10.2. The Morgan fingerprint density at radius 3 is 2.89 bits per heavy atom. The van der Waals surface area contributed by atoms with Crippen molar-refractivity contribution in [1.29, 1.82) is 0 Å². The molecule has 0 radical (unpaired) electrons. The van der Waals surface area contributed by atoms with Crippen molar-refractivity contribution in [2.75, 3.05) is 0 Å². The van der Waals surface area contributed by atoms with Crippen molar-refractivity contribution in [3.63, 3.8) is 0 Å². The number of alkyl halides is 1. The lowest BCUT2D eigenvalue weighted by Gasteiger charge is -2.11. The number of benzene rings is 1. The smallest absolute Gasteiger partial charge is 0.141 e. The minimum absolute atomic E-state index is 0.247. The first-order valence-corrected chi connectivity index (χ1v) is 6.59. The van der Waals surface area contributed by atoms with E-state index in [-0.39, 0.29) is 12.4 Å². The number of pyridine rings is 1. The number of aromatic nitrogens is 1. The van der Waals surface area contributed by atoms with Gasteiger partial charge in [0, 0.05) is 17.3 Å². The van der Waals surface area contributed by atoms with Crippen molar-refractivity contribution in [3.05, 3.63) is 58.1 Å². The van der Waals surface area contributed by atoms with E-state index in [0.717, 1.165) is 16.2 Å². The maximum absolute atomic E-state index is 13.0. The lowest BCUT2D eigenvalue weighted by molar-refractivity contribution is 0.300. The van der Waals surface area contributed by atoms with Gasteiger partial charge < -0.3 is 4.74 Å². The molecule has 1 aromatic carbocycles. The van der Waals surface area contributed by atoms with Gasteiger partial charge in [-0.15, -0.1) is 11.6 Å². The minimum atomic E-state index is -0.374. The third-order valence-electron chi connectivity index (χ3n) is 2.34. The van der Waals surface area contributed by atoms with Gasteiger partial charge in [-0.05, 0) is 28.1 Å². The van der Waals surface area contributed by atoms with Crippen LogP contribution in [0.4, 0.5) is 4.39 Å². The fourth-order valence-corrected chi connectivity index (χ4v) is 2.24. The largest absolute Gasteiger partial charge is 0.487 e. The Labute approximate surface area is 118 Å². The van der Waals surface area contributed by atoms with Gasteiger partial charge in [-0.2, -0.15) is 0 Å². The number of rotatable bonds is 4. The Balaban J connectivity index is 2.15. The average Bonchev–Trinajstić information content (AvgIpc) is 2.37. The first-order valence-electron chi connectivity index (χ1n) is 5.26. The van der Waals surface area contributed by atoms with Crippen LogP contribution in [0.5, 0.6) is 5.75 Å². The number of hydrogen-bond donors (Lipinski definition) is 0. The Kier molecular flexibility index (Phi) is 4.55. The van der Waals surface area contributed by atoms with Crippen LogP contribution >= 0.6 is 27.5 Å². The van der Waals surface area contributed by atoms with Gasteiger partial charge in [0.25, 0.3) is 0 Å². The van der Waals surface area contributed by atoms with E-state index in [9.17, 15) is 4.39 Å². The molecule has 18 heavy (non-hydrogen) atoms. The molecule has 5 heteroatoms. The molecule has 0 aliphatic heterocycles. The molecule has 0 N–H and O–H groups in total. The molecule has 2 aromatic rings. The normalized spacial score (nSPS) is 10.4. The molecule has 0 spiro atoms. The molecule has 0 atom stereocenters.